The van der Waals surface area contributed by atoms with Gasteiger partial charge in [0.25, 0.3) is 0 Å². The minimum Gasteiger partial charge on any atom is -0.355 e. The van der Waals surface area contributed by atoms with Crippen molar-refractivity contribution in [3.8, 4) is 0 Å². The van der Waals surface area contributed by atoms with Crippen LogP contribution in [-0.2, 0) is 4.79 Å². The number of amides is 1. The lowest BCUT2D eigenvalue weighted by atomic mass is 10.2. The van der Waals surface area contributed by atoms with Gasteiger partial charge in [-0.1, -0.05) is 13.8 Å². The van der Waals surface area contributed by atoms with Crippen molar-refractivity contribution in [2.75, 3.05) is 13.1 Å². The average molecular weight is 172 g/mol. The van der Waals surface area contributed by atoms with Gasteiger partial charge in [-0.05, 0) is 19.8 Å². The molecule has 72 valence electrons. The van der Waals surface area contributed by atoms with Crippen molar-refractivity contribution < 1.29 is 4.79 Å². The maximum atomic E-state index is 11.0. The lowest BCUT2D eigenvalue weighted by Crippen LogP contribution is -2.38. The Balaban J connectivity index is 3.44. The van der Waals surface area contributed by atoms with Crippen LogP contribution in [0.25, 0.3) is 0 Å². The standard InChI is InChI=1S/C9H20N2O/c1-4-8(5-2)11-7-9(12)10-6-3/h8,11H,4-7H2,1-3H3,(H,10,12). The second-order valence-corrected chi connectivity index (χ2v) is 2.85. The number of carbonyl (C=O) groups is 1. The molecule has 0 spiro atoms. The van der Waals surface area contributed by atoms with Gasteiger partial charge < -0.3 is 10.6 Å². The Hall–Kier alpha value is -0.570. The Bertz CT molecular complexity index is 122. The first-order valence-corrected chi connectivity index (χ1v) is 4.74. The maximum absolute atomic E-state index is 11.0. The number of nitrogens with one attached hydrogen (secondary N) is 2. The van der Waals surface area contributed by atoms with E-state index in [1.165, 1.54) is 0 Å². The van der Waals surface area contributed by atoms with E-state index in [-0.39, 0.29) is 5.91 Å². The predicted octanol–water partition coefficient (Wildman–Crippen LogP) is 0.901. The van der Waals surface area contributed by atoms with E-state index in [1.54, 1.807) is 0 Å². The predicted molar refractivity (Wildman–Crippen MR) is 51.1 cm³/mol. The van der Waals surface area contributed by atoms with E-state index >= 15 is 0 Å². The second kappa shape index (κ2) is 7.10. The van der Waals surface area contributed by atoms with Crippen molar-refractivity contribution >= 4 is 5.91 Å². The van der Waals surface area contributed by atoms with Crippen LogP contribution in [0.3, 0.4) is 0 Å². The molecular formula is C9H20N2O. The van der Waals surface area contributed by atoms with Gasteiger partial charge >= 0.3 is 0 Å². The van der Waals surface area contributed by atoms with Gasteiger partial charge in [-0.3, -0.25) is 4.79 Å². The van der Waals surface area contributed by atoms with Gasteiger partial charge in [0.2, 0.25) is 5.91 Å². The summed E-state index contributed by atoms with van der Waals surface area (Å²) in [6.07, 6.45) is 2.16. The van der Waals surface area contributed by atoms with Gasteiger partial charge in [-0.15, -0.1) is 0 Å². The molecule has 0 bridgehead atoms. The highest BCUT2D eigenvalue weighted by Gasteiger charge is 2.04. The van der Waals surface area contributed by atoms with Crippen LogP contribution in [-0.4, -0.2) is 25.0 Å². The van der Waals surface area contributed by atoms with E-state index in [0.29, 0.717) is 19.1 Å². The van der Waals surface area contributed by atoms with Crippen molar-refractivity contribution in [2.24, 2.45) is 0 Å². The minimum absolute atomic E-state index is 0.0874. The van der Waals surface area contributed by atoms with Crippen LogP contribution in [0.15, 0.2) is 0 Å². The van der Waals surface area contributed by atoms with Gasteiger partial charge in [-0.2, -0.15) is 0 Å². The first kappa shape index (κ1) is 11.4. The fourth-order valence-electron chi connectivity index (χ4n) is 1.07. The SMILES string of the molecule is CCNC(=O)CNC(CC)CC. The van der Waals surface area contributed by atoms with E-state index in [4.69, 9.17) is 0 Å². The number of hydrogen-bond acceptors (Lipinski definition) is 2. The molecule has 0 radical (unpaired) electrons. The smallest absolute Gasteiger partial charge is 0.233 e. The summed E-state index contributed by atoms with van der Waals surface area (Å²) in [5, 5.41) is 5.94. The Morgan fingerprint density at radius 3 is 2.25 bits per heavy atom. The molecule has 0 atom stereocenters. The molecule has 0 aromatic heterocycles. The average Bonchev–Trinajstić information content (AvgIpc) is 2.07. The van der Waals surface area contributed by atoms with Crippen LogP contribution in [0, 0.1) is 0 Å². The summed E-state index contributed by atoms with van der Waals surface area (Å²) in [7, 11) is 0. The van der Waals surface area contributed by atoms with Crippen molar-refractivity contribution in [3.63, 3.8) is 0 Å². The molecule has 0 aromatic rings. The molecule has 0 saturated heterocycles. The van der Waals surface area contributed by atoms with Crippen molar-refractivity contribution in [1.82, 2.24) is 10.6 Å². The van der Waals surface area contributed by atoms with Crippen LogP contribution in [0.1, 0.15) is 33.6 Å². The van der Waals surface area contributed by atoms with Gasteiger partial charge in [-0.25, -0.2) is 0 Å². The third-order valence-electron chi connectivity index (χ3n) is 1.91. The molecule has 0 aliphatic heterocycles. The molecule has 0 heterocycles. The maximum Gasteiger partial charge on any atom is 0.233 e. The van der Waals surface area contributed by atoms with E-state index in [9.17, 15) is 4.79 Å². The molecule has 12 heavy (non-hydrogen) atoms. The molecule has 3 heteroatoms. The van der Waals surface area contributed by atoms with Crippen molar-refractivity contribution in [2.45, 2.75) is 39.7 Å². The lowest BCUT2D eigenvalue weighted by molar-refractivity contribution is -0.120. The molecule has 0 aliphatic rings. The fraction of sp³-hybridized carbons (Fsp3) is 0.889. The Labute approximate surface area is 74.9 Å². The molecule has 0 saturated carbocycles. The van der Waals surface area contributed by atoms with Crippen LogP contribution < -0.4 is 10.6 Å². The molecule has 0 rings (SSSR count). The summed E-state index contributed by atoms with van der Waals surface area (Å²) in [5.74, 6) is 0.0874. The monoisotopic (exact) mass is 172 g/mol. The highest BCUT2D eigenvalue weighted by Crippen LogP contribution is 1.94. The van der Waals surface area contributed by atoms with Gasteiger partial charge in [0.1, 0.15) is 0 Å². The Kier molecular flexibility index (Phi) is 6.76. The largest absolute Gasteiger partial charge is 0.355 e. The first-order chi connectivity index (χ1) is 5.74. The van der Waals surface area contributed by atoms with Gasteiger partial charge in [0.05, 0.1) is 6.54 Å². The molecule has 1 amide bonds. The zero-order valence-corrected chi connectivity index (χ0v) is 8.31. The Morgan fingerprint density at radius 2 is 1.83 bits per heavy atom. The van der Waals surface area contributed by atoms with E-state index < -0.39 is 0 Å². The van der Waals surface area contributed by atoms with E-state index in [1.807, 2.05) is 6.92 Å². The lowest BCUT2D eigenvalue weighted by Gasteiger charge is -2.13. The first-order valence-electron chi connectivity index (χ1n) is 4.74. The highest BCUT2D eigenvalue weighted by atomic mass is 16.1. The number of hydrogen-bond donors (Lipinski definition) is 2. The number of rotatable bonds is 6. The zero-order chi connectivity index (χ0) is 9.40. The fourth-order valence-corrected chi connectivity index (χ4v) is 1.07. The third-order valence-corrected chi connectivity index (χ3v) is 1.91. The van der Waals surface area contributed by atoms with Crippen molar-refractivity contribution in [1.29, 1.82) is 0 Å². The number of carbonyl (C=O) groups excluding carboxylic acids is 1. The molecule has 0 fully saturated rings. The zero-order valence-electron chi connectivity index (χ0n) is 8.31. The molecule has 2 N–H and O–H groups in total. The van der Waals surface area contributed by atoms with Crippen LogP contribution >= 0.6 is 0 Å². The second-order valence-electron chi connectivity index (χ2n) is 2.85. The molecule has 0 aliphatic carbocycles. The quantitative estimate of drug-likeness (QED) is 0.625. The normalized spacial score (nSPS) is 10.3. The van der Waals surface area contributed by atoms with Crippen LogP contribution in [0.2, 0.25) is 0 Å². The summed E-state index contributed by atoms with van der Waals surface area (Å²) in [6, 6.07) is 0.479. The third kappa shape index (κ3) is 5.13. The summed E-state index contributed by atoms with van der Waals surface area (Å²) in [4.78, 5) is 11.0. The molecule has 3 nitrogen and oxygen atoms in total. The Morgan fingerprint density at radius 1 is 1.25 bits per heavy atom. The topological polar surface area (TPSA) is 41.1 Å². The molecular weight excluding hydrogens is 152 g/mol. The minimum atomic E-state index is 0.0874. The summed E-state index contributed by atoms with van der Waals surface area (Å²) in [5.41, 5.74) is 0. The summed E-state index contributed by atoms with van der Waals surface area (Å²) < 4.78 is 0. The van der Waals surface area contributed by atoms with Gasteiger partial charge in [0.15, 0.2) is 0 Å². The van der Waals surface area contributed by atoms with E-state index in [0.717, 1.165) is 12.8 Å². The van der Waals surface area contributed by atoms with Crippen LogP contribution in [0.5, 0.6) is 0 Å². The highest BCUT2D eigenvalue weighted by molar-refractivity contribution is 5.77. The van der Waals surface area contributed by atoms with Gasteiger partial charge in [0, 0.05) is 12.6 Å². The van der Waals surface area contributed by atoms with Crippen molar-refractivity contribution in [3.05, 3.63) is 0 Å². The van der Waals surface area contributed by atoms with Crippen LogP contribution in [0.4, 0.5) is 0 Å². The molecule has 0 aromatic carbocycles. The van der Waals surface area contributed by atoms with E-state index in [2.05, 4.69) is 24.5 Å². The summed E-state index contributed by atoms with van der Waals surface area (Å²) in [6.45, 7) is 7.33. The molecule has 0 unspecified atom stereocenters. The summed E-state index contributed by atoms with van der Waals surface area (Å²) >= 11 is 0. The number of likely N-dealkylation sites (N-methyl/N-ethyl adjacent to an activating group) is 1.